The molecule has 0 amide bonds. The van der Waals surface area contributed by atoms with E-state index in [1.54, 1.807) is 0 Å². The SMILES string of the molecule is CC(C)(C)C.CC(O)CO. The molecule has 0 rings (SSSR count). The molecule has 0 saturated carbocycles. The molecule has 0 spiro atoms. The summed E-state index contributed by atoms with van der Waals surface area (Å²) >= 11 is 0. The second-order valence-corrected chi connectivity index (χ2v) is 4.03. The minimum absolute atomic E-state index is 0.139. The molecule has 2 nitrogen and oxygen atoms in total. The second kappa shape index (κ2) is 5.69. The zero-order valence-corrected chi connectivity index (χ0v) is 7.68. The van der Waals surface area contributed by atoms with Crippen LogP contribution in [-0.2, 0) is 0 Å². The van der Waals surface area contributed by atoms with Crippen molar-refractivity contribution in [2.75, 3.05) is 6.61 Å². The van der Waals surface area contributed by atoms with Crippen molar-refractivity contribution in [2.24, 2.45) is 5.41 Å². The molecule has 10 heavy (non-hydrogen) atoms. The van der Waals surface area contributed by atoms with Crippen molar-refractivity contribution >= 4 is 0 Å². The van der Waals surface area contributed by atoms with Gasteiger partial charge in [0.1, 0.15) is 0 Å². The highest BCUT2D eigenvalue weighted by Gasteiger charge is 1.95. The minimum atomic E-state index is -0.560. The van der Waals surface area contributed by atoms with Crippen LogP contribution < -0.4 is 0 Å². The maximum Gasteiger partial charge on any atom is 0.0742 e. The van der Waals surface area contributed by atoms with Crippen LogP contribution in [0.15, 0.2) is 0 Å². The number of rotatable bonds is 1. The van der Waals surface area contributed by atoms with E-state index in [4.69, 9.17) is 10.2 Å². The van der Waals surface area contributed by atoms with E-state index in [2.05, 4.69) is 27.7 Å². The van der Waals surface area contributed by atoms with Gasteiger partial charge in [0.15, 0.2) is 0 Å². The first-order chi connectivity index (χ1) is 4.27. The van der Waals surface area contributed by atoms with Crippen LogP contribution in [0.25, 0.3) is 0 Å². The van der Waals surface area contributed by atoms with Crippen molar-refractivity contribution < 1.29 is 10.2 Å². The van der Waals surface area contributed by atoms with E-state index in [9.17, 15) is 0 Å². The molecule has 0 heterocycles. The van der Waals surface area contributed by atoms with E-state index >= 15 is 0 Å². The lowest BCUT2D eigenvalue weighted by atomic mass is 10.0. The largest absolute Gasteiger partial charge is 0.394 e. The van der Waals surface area contributed by atoms with E-state index < -0.39 is 6.10 Å². The summed E-state index contributed by atoms with van der Waals surface area (Å²) in [6, 6.07) is 0. The van der Waals surface area contributed by atoms with Gasteiger partial charge >= 0.3 is 0 Å². The zero-order chi connectivity index (χ0) is 8.78. The first-order valence-corrected chi connectivity index (χ1v) is 3.56. The molecule has 0 saturated heterocycles. The smallest absolute Gasteiger partial charge is 0.0742 e. The first-order valence-electron chi connectivity index (χ1n) is 3.56. The fraction of sp³-hybridized carbons (Fsp3) is 1.00. The Labute approximate surface area is 63.9 Å². The van der Waals surface area contributed by atoms with Crippen molar-refractivity contribution in [3.8, 4) is 0 Å². The van der Waals surface area contributed by atoms with Gasteiger partial charge < -0.3 is 10.2 Å². The molecule has 0 aliphatic rings. The van der Waals surface area contributed by atoms with Gasteiger partial charge in [-0.1, -0.05) is 27.7 Å². The highest BCUT2D eigenvalue weighted by Crippen LogP contribution is 2.07. The molecule has 0 aliphatic carbocycles. The Kier molecular flexibility index (Phi) is 7.15. The van der Waals surface area contributed by atoms with Crippen molar-refractivity contribution in [1.82, 2.24) is 0 Å². The predicted octanol–water partition coefficient (Wildman–Crippen LogP) is 1.41. The molecule has 0 aliphatic heterocycles. The Hall–Kier alpha value is -0.0800. The average molecular weight is 148 g/mol. The van der Waals surface area contributed by atoms with Crippen LogP contribution in [0.4, 0.5) is 0 Å². The third-order valence-electron chi connectivity index (χ3n) is 0.264. The van der Waals surface area contributed by atoms with Crippen LogP contribution in [0.5, 0.6) is 0 Å². The maximum atomic E-state index is 8.11. The minimum Gasteiger partial charge on any atom is -0.394 e. The third-order valence-corrected chi connectivity index (χ3v) is 0.264. The van der Waals surface area contributed by atoms with Crippen LogP contribution in [0, 0.1) is 5.41 Å². The standard InChI is InChI=1S/C5H12.C3H8O2/c1-5(2,3)4;1-3(5)2-4/h1-4H3;3-5H,2H2,1H3. The molecule has 0 aromatic rings. The lowest BCUT2D eigenvalue weighted by Gasteiger charge is -2.05. The van der Waals surface area contributed by atoms with Gasteiger partial charge in [0.25, 0.3) is 0 Å². The lowest BCUT2D eigenvalue weighted by Crippen LogP contribution is -2.03. The molecule has 2 N–H and O–H groups in total. The summed E-state index contributed by atoms with van der Waals surface area (Å²) in [7, 11) is 0. The van der Waals surface area contributed by atoms with Crippen molar-refractivity contribution in [3.05, 3.63) is 0 Å². The van der Waals surface area contributed by atoms with Gasteiger partial charge in [0.2, 0.25) is 0 Å². The summed E-state index contributed by atoms with van der Waals surface area (Å²) in [5.41, 5.74) is 0.500. The molecule has 0 bridgehead atoms. The van der Waals surface area contributed by atoms with E-state index in [0.29, 0.717) is 5.41 Å². The molecular formula is C8H20O2. The summed E-state index contributed by atoms with van der Waals surface area (Å²) in [5, 5.41) is 16.0. The van der Waals surface area contributed by atoms with Crippen molar-refractivity contribution in [3.63, 3.8) is 0 Å². The summed E-state index contributed by atoms with van der Waals surface area (Å²) in [6.45, 7) is 10.1. The molecular weight excluding hydrogens is 128 g/mol. The number of hydrogen-bond donors (Lipinski definition) is 2. The monoisotopic (exact) mass is 148 g/mol. The number of hydrogen-bond acceptors (Lipinski definition) is 2. The van der Waals surface area contributed by atoms with Gasteiger partial charge in [0, 0.05) is 0 Å². The van der Waals surface area contributed by atoms with Crippen LogP contribution in [-0.4, -0.2) is 22.9 Å². The van der Waals surface area contributed by atoms with Gasteiger partial charge in [-0.3, -0.25) is 0 Å². The molecule has 0 aromatic heterocycles. The highest BCUT2D eigenvalue weighted by atomic mass is 16.3. The molecule has 0 aromatic carbocycles. The van der Waals surface area contributed by atoms with E-state index in [1.807, 2.05) is 0 Å². The fourth-order valence-corrected chi connectivity index (χ4v) is 0. The summed E-state index contributed by atoms with van der Waals surface area (Å²) < 4.78 is 0. The molecule has 1 atom stereocenters. The Morgan fingerprint density at radius 2 is 1.30 bits per heavy atom. The van der Waals surface area contributed by atoms with Crippen LogP contribution in [0.1, 0.15) is 34.6 Å². The Morgan fingerprint density at radius 1 is 1.20 bits per heavy atom. The summed E-state index contributed by atoms with van der Waals surface area (Å²) in [4.78, 5) is 0. The summed E-state index contributed by atoms with van der Waals surface area (Å²) in [6.07, 6.45) is -0.560. The van der Waals surface area contributed by atoms with E-state index in [1.165, 1.54) is 6.92 Å². The highest BCUT2D eigenvalue weighted by molar-refractivity contribution is 4.47. The van der Waals surface area contributed by atoms with Crippen LogP contribution in [0.2, 0.25) is 0 Å². The molecule has 2 heteroatoms. The Bertz CT molecular complexity index is 56.1. The topological polar surface area (TPSA) is 40.5 Å². The Morgan fingerprint density at radius 3 is 1.30 bits per heavy atom. The van der Waals surface area contributed by atoms with Gasteiger partial charge in [-0.15, -0.1) is 0 Å². The molecule has 0 fully saturated rings. The van der Waals surface area contributed by atoms with Gasteiger partial charge in [-0.2, -0.15) is 0 Å². The molecule has 64 valence electrons. The lowest BCUT2D eigenvalue weighted by molar-refractivity contribution is 0.110. The fourth-order valence-electron chi connectivity index (χ4n) is 0. The summed E-state index contributed by atoms with van der Waals surface area (Å²) in [5.74, 6) is 0. The van der Waals surface area contributed by atoms with Gasteiger partial charge in [-0.05, 0) is 12.3 Å². The average Bonchev–Trinajstić information content (AvgIpc) is 1.61. The van der Waals surface area contributed by atoms with E-state index in [0.717, 1.165) is 0 Å². The van der Waals surface area contributed by atoms with Gasteiger partial charge in [0.05, 0.1) is 12.7 Å². The predicted molar refractivity (Wildman–Crippen MR) is 43.9 cm³/mol. The molecule has 1 unspecified atom stereocenters. The zero-order valence-electron chi connectivity index (χ0n) is 7.68. The van der Waals surface area contributed by atoms with Crippen molar-refractivity contribution in [2.45, 2.75) is 40.7 Å². The Balaban J connectivity index is 0. The quantitative estimate of drug-likeness (QED) is 0.590. The normalized spacial score (nSPS) is 13.5. The van der Waals surface area contributed by atoms with Crippen LogP contribution >= 0.6 is 0 Å². The molecule has 0 radical (unpaired) electrons. The van der Waals surface area contributed by atoms with Crippen molar-refractivity contribution in [1.29, 1.82) is 0 Å². The number of aliphatic hydroxyl groups is 2. The third kappa shape index (κ3) is 103. The van der Waals surface area contributed by atoms with Crippen LogP contribution in [0.3, 0.4) is 0 Å². The second-order valence-electron chi connectivity index (χ2n) is 4.03. The van der Waals surface area contributed by atoms with E-state index in [-0.39, 0.29) is 6.61 Å². The maximum absolute atomic E-state index is 8.11. The number of aliphatic hydroxyl groups excluding tert-OH is 2. The van der Waals surface area contributed by atoms with Gasteiger partial charge in [-0.25, -0.2) is 0 Å². The first kappa shape index (κ1) is 12.6.